The van der Waals surface area contributed by atoms with Gasteiger partial charge in [0.1, 0.15) is 73.2 Å². The average Bonchev–Trinajstić information content (AvgIpc) is 3.32. The van der Waals surface area contributed by atoms with Crippen molar-refractivity contribution in [3.05, 3.63) is 36.5 Å². The number of carbonyl (C=O) groups is 1. The van der Waals surface area contributed by atoms with Crippen molar-refractivity contribution in [1.82, 2.24) is 5.32 Å². The molecule has 0 spiro atoms. The van der Waals surface area contributed by atoms with Gasteiger partial charge in [-0.05, 0) is 38.5 Å². The van der Waals surface area contributed by atoms with Crippen LogP contribution in [0.3, 0.4) is 0 Å². The lowest BCUT2D eigenvalue weighted by Crippen LogP contribution is -2.66. The molecule has 19 heteroatoms. The summed E-state index contributed by atoms with van der Waals surface area (Å²) in [7, 11) is 0. The second kappa shape index (κ2) is 32.8. The number of carbonyl (C=O) groups excluding carboxylic acids is 1. The Bertz CT molecular complexity index is 1370. The van der Waals surface area contributed by atoms with E-state index >= 15 is 0 Å². The Balaban J connectivity index is 1.43. The number of rotatable bonds is 32. The molecule has 0 aromatic carbocycles. The third-order valence-electron chi connectivity index (χ3n) is 12.2. The SMILES string of the molecule is CCCCCCCCCCCCC/C=C/CC/C=C/CC/C=C/C(O)C(COC1OC(CO)C(OC2OC(CO)C(OC3OC(CO)C(O)C(O)C3O)C(O)C2O)C(O)C1O)NC(=O)CC. The molecule has 384 valence electrons. The fourth-order valence-electron chi connectivity index (χ4n) is 8.07. The average molecular weight is 950 g/mol. The molecule has 1 amide bonds. The molecule has 0 radical (unpaired) electrons. The summed E-state index contributed by atoms with van der Waals surface area (Å²) in [6.45, 7) is 1.07. The van der Waals surface area contributed by atoms with Gasteiger partial charge in [-0.1, -0.05) is 115 Å². The maximum atomic E-state index is 12.4. The molecule has 3 aliphatic rings. The summed E-state index contributed by atoms with van der Waals surface area (Å²) in [6.07, 6.45) is 4.46. The highest BCUT2D eigenvalue weighted by molar-refractivity contribution is 5.75. The number of ether oxygens (including phenoxy) is 6. The molecule has 3 rings (SSSR count). The van der Waals surface area contributed by atoms with E-state index in [1.807, 2.05) is 0 Å². The van der Waals surface area contributed by atoms with Crippen molar-refractivity contribution < 1.29 is 89.4 Å². The van der Waals surface area contributed by atoms with Gasteiger partial charge >= 0.3 is 0 Å². The third kappa shape index (κ3) is 19.1. The van der Waals surface area contributed by atoms with Gasteiger partial charge in [-0.2, -0.15) is 0 Å². The van der Waals surface area contributed by atoms with Gasteiger partial charge in [-0.25, -0.2) is 0 Å². The quantitative estimate of drug-likeness (QED) is 0.0325. The van der Waals surface area contributed by atoms with Gasteiger partial charge in [-0.15, -0.1) is 0 Å². The number of hydrogen-bond donors (Lipinski definition) is 12. The standard InChI is InChI=1S/C47H83NO18/c1-3-5-6-7-8-9-10-11-12-13-14-15-16-17-18-19-20-21-22-23-24-25-31(52)30(48-35(53)4-2)29-61-45-41(59)38(56)43(33(27-50)63-45)66-47-42(60)39(57)44(34(28-51)64-47)65-46-40(58)37(55)36(54)32(26-49)62-46/h16-17,20-21,24-25,30-34,36-47,49-52,54-60H,3-15,18-19,22-23,26-29H2,1-2H3,(H,48,53)/b17-16+,21-20+,25-24+. The van der Waals surface area contributed by atoms with Crippen molar-refractivity contribution in [2.45, 2.75) is 227 Å². The lowest BCUT2D eigenvalue weighted by atomic mass is 9.96. The second-order valence-electron chi connectivity index (χ2n) is 17.5. The van der Waals surface area contributed by atoms with Crippen molar-refractivity contribution in [2.75, 3.05) is 26.4 Å². The Morgan fingerprint density at radius 3 is 1.45 bits per heavy atom. The molecule has 0 saturated carbocycles. The molecule has 3 heterocycles. The second-order valence-corrected chi connectivity index (χ2v) is 17.5. The van der Waals surface area contributed by atoms with Crippen molar-refractivity contribution in [1.29, 1.82) is 0 Å². The van der Waals surface area contributed by atoms with Crippen LogP contribution in [-0.4, -0.2) is 193 Å². The molecule has 3 saturated heterocycles. The summed E-state index contributed by atoms with van der Waals surface area (Å²) in [4.78, 5) is 12.4. The number of unbranched alkanes of at least 4 members (excludes halogenated alkanes) is 13. The predicted octanol–water partition coefficient (Wildman–Crippen LogP) is 0.637. The van der Waals surface area contributed by atoms with E-state index in [0.717, 1.165) is 25.7 Å². The fraction of sp³-hybridized carbons (Fsp3) is 0.851. The summed E-state index contributed by atoms with van der Waals surface area (Å²) >= 11 is 0. The van der Waals surface area contributed by atoms with Gasteiger partial charge in [0, 0.05) is 6.42 Å². The van der Waals surface area contributed by atoms with Gasteiger partial charge in [0.25, 0.3) is 0 Å². The Morgan fingerprint density at radius 1 is 0.530 bits per heavy atom. The Labute approximate surface area is 390 Å². The normalized spacial score (nSPS) is 34.1. The van der Waals surface area contributed by atoms with E-state index in [2.05, 4.69) is 36.5 Å². The van der Waals surface area contributed by atoms with Gasteiger partial charge < -0.3 is 89.9 Å². The number of aliphatic hydroxyl groups is 11. The molecule has 3 fully saturated rings. The van der Waals surface area contributed by atoms with E-state index in [0.29, 0.717) is 6.42 Å². The molecule has 17 atom stereocenters. The van der Waals surface area contributed by atoms with Crippen LogP contribution in [0.15, 0.2) is 36.5 Å². The van der Waals surface area contributed by atoms with Gasteiger partial charge in [0.2, 0.25) is 5.91 Å². The molecular weight excluding hydrogens is 867 g/mol. The predicted molar refractivity (Wildman–Crippen MR) is 240 cm³/mol. The van der Waals surface area contributed by atoms with E-state index in [4.69, 9.17) is 28.4 Å². The van der Waals surface area contributed by atoms with E-state index in [9.17, 15) is 61.0 Å². The molecule has 3 aliphatic heterocycles. The molecule has 19 nitrogen and oxygen atoms in total. The number of hydrogen-bond acceptors (Lipinski definition) is 18. The first kappa shape index (κ1) is 58.3. The van der Waals surface area contributed by atoms with Crippen LogP contribution in [0.5, 0.6) is 0 Å². The van der Waals surface area contributed by atoms with Crippen LogP contribution >= 0.6 is 0 Å². The van der Waals surface area contributed by atoms with Crippen molar-refractivity contribution in [3.8, 4) is 0 Å². The van der Waals surface area contributed by atoms with Gasteiger partial charge in [0.05, 0.1) is 38.6 Å². The fourth-order valence-corrected chi connectivity index (χ4v) is 8.07. The minimum Gasteiger partial charge on any atom is -0.394 e. The Kier molecular flexibility index (Phi) is 28.9. The van der Waals surface area contributed by atoms with Crippen LogP contribution < -0.4 is 5.32 Å². The van der Waals surface area contributed by atoms with Crippen LogP contribution in [0.1, 0.15) is 123 Å². The van der Waals surface area contributed by atoms with Gasteiger partial charge in [0.15, 0.2) is 18.9 Å². The van der Waals surface area contributed by atoms with Crippen molar-refractivity contribution >= 4 is 5.91 Å². The number of aliphatic hydroxyl groups excluding tert-OH is 11. The molecule has 17 unspecified atom stereocenters. The summed E-state index contributed by atoms with van der Waals surface area (Å²) in [5.74, 6) is -0.381. The summed E-state index contributed by atoms with van der Waals surface area (Å²) in [5, 5.41) is 118. The number of amides is 1. The summed E-state index contributed by atoms with van der Waals surface area (Å²) in [5.41, 5.74) is 0. The summed E-state index contributed by atoms with van der Waals surface area (Å²) in [6, 6.07) is -0.989. The zero-order valence-electron chi connectivity index (χ0n) is 38.9. The van der Waals surface area contributed by atoms with Crippen LogP contribution in [-0.2, 0) is 33.2 Å². The van der Waals surface area contributed by atoms with Crippen LogP contribution in [0, 0.1) is 0 Å². The van der Waals surface area contributed by atoms with Crippen molar-refractivity contribution in [3.63, 3.8) is 0 Å². The lowest BCUT2D eigenvalue weighted by Gasteiger charge is -2.48. The third-order valence-corrected chi connectivity index (χ3v) is 12.2. The zero-order chi connectivity index (χ0) is 48.4. The van der Waals surface area contributed by atoms with E-state index < -0.39 is 124 Å². The molecule has 0 aliphatic carbocycles. The minimum atomic E-state index is -1.98. The van der Waals surface area contributed by atoms with Crippen LogP contribution in [0.4, 0.5) is 0 Å². The molecule has 66 heavy (non-hydrogen) atoms. The monoisotopic (exact) mass is 950 g/mol. The van der Waals surface area contributed by atoms with Crippen LogP contribution in [0.25, 0.3) is 0 Å². The highest BCUT2D eigenvalue weighted by atomic mass is 16.8. The molecular formula is C47H83NO18. The largest absolute Gasteiger partial charge is 0.394 e. The first-order chi connectivity index (χ1) is 31.8. The molecule has 12 N–H and O–H groups in total. The number of allylic oxidation sites excluding steroid dienone is 5. The van der Waals surface area contributed by atoms with Crippen LogP contribution in [0.2, 0.25) is 0 Å². The molecule has 0 aromatic rings. The first-order valence-corrected chi connectivity index (χ1v) is 24.2. The topological polar surface area (TPSA) is 307 Å². The maximum absolute atomic E-state index is 12.4. The maximum Gasteiger partial charge on any atom is 0.220 e. The van der Waals surface area contributed by atoms with Crippen molar-refractivity contribution in [2.24, 2.45) is 0 Å². The zero-order valence-corrected chi connectivity index (χ0v) is 38.9. The smallest absolute Gasteiger partial charge is 0.220 e. The molecule has 0 bridgehead atoms. The Hall–Kier alpha value is -1.99. The van der Waals surface area contributed by atoms with Gasteiger partial charge in [-0.3, -0.25) is 4.79 Å². The highest BCUT2D eigenvalue weighted by Gasteiger charge is 2.53. The minimum absolute atomic E-state index is 0.112. The van der Waals surface area contributed by atoms with E-state index in [-0.39, 0.29) is 18.9 Å². The first-order valence-electron chi connectivity index (χ1n) is 24.2. The molecule has 0 aromatic heterocycles. The highest BCUT2D eigenvalue weighted by Crippen LogP contribution is 2.33. The number of nitrogens with one attached hydrogen (secondary N) is 1. The Morgan fingerprint density at radius 2 is 0.955 bits per heavy atom. The summed E-state index contributed by atoms with van der Waals surface area (Å²) < 4.78 is 33.7. The van der Waals surface area contributed by atoms with E-state index in [1.165, 1.54) is 76.7 Å². The van der Waals surface area contributed by atoms with E-state index in [1.54, 1.807) is 13.0 Å². The lowest BCUT2D eigenvalue weighted by molar-refractivity contribution is -0.379.